The lowest BCUT2D eigenvalue weighted by molar-refractivity contribution is 0.103. The predicted octanol–water partition coefficient (Wildman–Crippen LogP) is 2.64. The van der Waals surface area contributed by atoms with Crippen LogP contribution in [0, 0.1) is 5.82 Å². The molecule has 2 aromatic carbocycles. The van der Waals surface area contributed by atoms with Crippen molar-refractivity contribution >= 4 is 11.5 Å². The van der Waals surface area contributed by atoms with Gasteiger partial charge >= 0.3 is 0 Å². The molecule has 0 saturated heterocycles. The Kier molecular flexibility index (Phi) is 2.68. The zero-order chi connectivity index (χ0) is 11.5. The second kappa shape index (κ2) is 4.14. The van der Waals surface area contributed by atoms with Crippen molar-refractivity contribution in [2.24, 2.45) is 0 Å². The van der Waals surface area contributed by atoms with Crippen LogP contribution in [0.3, 0.4) is 0 Å². The third kappa shape index (κ3) is 2.08. The Labute approximate surface area is 92.5 Å². The van der Waals surface area contributed by atoms with E-state index in [1.807, 2.05) is 0 Å². The molecular weight excluding hydrogens is 205 g/mol. The van der Waals surface area contributed by atoms with E-state index >= 15 is 0 Å². The molecule has 2 aromatic rings. The van der Waals surface area contributed by atoms with Crippen LogP contribution in [0.2, 0.25) is 0 Å². The van der Waals surface area contributed by atoms with Crippen molar-refractivity contribution in [1.29, 1.82) is 0 Å². The highest BCUT2D eigenvalue weighted by Gasteiger charge is 2.08. The van der Waals surface area contributed by atoms with Gasteiger partial charge in [0.1, 0.15) is 5.82 Å². The summed E-state index contributed by atoms with van der Waals surface area (Å²) in [6.45, 7) is 0. The lowest BCUT2D eigenvalue weighted by atomic mass is 10.0. The summed E-state index contributed by atoms with van der Waals surface area (Å²) in [7, 11) is 0. The smallest absolute Gasteiger partial charge is 0.193 e. The molecule has 2 N–H and O–H groups in total. The van der Waals surface area contributed by atoms with Gasteiger partial charge in [-0.1, -0.05) is 0 Å². The Morgan fingerprint density at radius 2 is 1.31 bits per heavy atom. The van der Waals surface area contributed by atoms with Crippen LogP contribution in [0.5, 0.6) is 0 Å². The van der Waals surface area contributed by atoms with Gasteiger partial charge < -0.3 is 5.73 Å². The van der Waals surface area contributed by atoms with Gasteiger partial charge in [-0.3, -0.25) is 4.79 Å². The molecule has 2 rings (SSSR count). The van der Waals surface area contributed by atoms with Gasteiger partial charge in [-0.15, -0.1) is 0 Å². The quantitative estimate of drug-likeness (QED) is 0.618. The van der Waals surface area contributed by atoms with Crippen LogP contribution in [0.15, 0.2) is 48.5 Å². The number of halogens is 1. The van der Waals surface area contributed by atoms with E-state index in [1.54, 1.807) is 24.3 Å². The van der Waals surface area contributed by atoms with E-state index in [0.29, 0.717) is 16.8 Å². The number of benzene rings is 2. The Morgan fingerprint density at radius 1 is 0.875 bits per heavy atom. The first-order valence-electron chi connectivity index (χ1n) is 4.82. The standard InChI is InChI=1S/C13H10FNO/c14-11-5-1-9(2-6-11)13(16)10-3-7-12(15)8-4-10/h1-8H,15H2. The molecule has 0 aliphatic rings. The van der Waals surface area contributed by atoms with Gasteiger partial charge in [0.15, 0.2) is 5.78 Å². The number of hydrogen-bond donors (Lipinski definition) is 1. The van der Waals surface area contributed by atoms with Crippen LogP contribution >= 0.6 is 0 Å². The number of carbonyl (C=O) groups excluding carboxylic acids is 1. The van der Waals surface area contributed by atoms with E-state index in [0.717, 1.165) is 0 Å². The molecule has 16 heavy (non-hydrogen) atoms. The van der Waals surface area contributed by atoms with Crippen LogP contribution in [0.25, 0.3) is 0 Å². The first kappa shape index (κ1) is 10.4. The average molecular weight is 215 g/mol. The fourth-order valence-corrected chi connectivity index (χ4v) is 1.40. The van der Waals surface area contributed by atoms with Crippen LogP contribution in [0.1, 0.15) is 15.9 Å². The van der Waals surface area contributed by atoms with Crippen LogP contribution in [0.4, 0.5) is 10.1 Å². The van der Waals surface area contributed by atoms with Crippen molar-refractivity contribution in [3.63, 3.8) is 0 Å². The van der Waals surface area contributed by atoms with E-state index < -0.39 is 0 Å². The third-order valence-electron chi connectivity index (χ3n) is 2.28. The van der Waals surface area contributed by atoms with Crippen molar-refractivity contribution in [3.05, 3.63) is 65.5 Å². The number of carbonyl (C=O) groups is 1. The number of nitrogen functional groups attached to an aromatic ring is 1. The van der Waals surface area contributed by atoms with E-state index in [2.05, 4.69) is 0 Å². The SMILES string of the molecule is Nc1ccc(C(=O)c2ccc(F)cc2)cc1. The minimum atomic E-state index is -0.353. The van der Waals surface area contributed by atoms with Crippen molar-refractivity contribution in [1.82, 2.24) is 0 Å². The largest absolute Gasteiger partial charge is 0.399 e. The molecule has 3 heteroatoms. The van der Waals surface area contributed by atoms with E-state index in [1.165, 1.54) is 24.3 Å². The topological polar surface area (TPSA) is 43.1 Å². The summed E-state index contributed by atoms with van der Waals surface area (Å²) in [6.07, 6.45) is 0. The van der Waals surface area contributed by atoms with Gasteiger partial charge in [-0.05, 0) is 48.5 Å². The summed E-state index contributed by atoms with van der Waals surface area (Å²) >= 11 is 0. The van der Waals surface area contributed by atoms with Crippen molar-refractivity contribution in [3.8, 4) is 0 Å². The Bertz CT molecular complexity index is 455. The molecule has 0 spiro atoms. The Balaban J connectivity index is 2.32. The molecular formula is C13H10FNO. The zero-order valence-corrected chi connectivity index (χ0v) is 8.48. The monoisotopic (exact) mass is 215 g/mol. The first-order valence-corrected chi connectivity index (χ1v) is 4.82. The normalized spacial score (nSPS) is 10.1. The molecule has 0 atom stereocenters. The fraction of sp³-hybridized carbons (Fsp3) is 0. The summed E-state index contributed by atoms with van der Waals surface area (Å²) in [5.41, 5.74) is 7.14. The van der Waals surface area contributed by atoms with Gasteiger partial charge in [0.25, 0.3) is 0 Å². The van der Waals surface area contributed by atoms with E-state index in [4.69, 9.17) is 5.73 Å². The molecule has 0 amide bonds. The molecule has 0 aromatic heterocycles. The molecule has 0 aliphatic carbocycles. The van der Waals surface area contributed by atoms with Crippen LogP contribution < -0.4 is 5.73 Å². The number of hydrogen-bond acceptors (Lipinski definition) is 2. The second-order valence-electron chi connectivity index (χ2n) is 3.46. The van der Waals surface area contributed by atoms with Crippen molar-refractivity contribution in [2.45, 2.75) is 0 Å². The van der Waals surface area contributed by atoms with E-state index in [-0.39, 0.29) is 11.6 Å². The second-order valence-corrected chi connectivity index (χ2v) is 3.46. The number of ketones is 1. The summed E-state index contributed by atoms with van der Waals surface area (Å²) in [5, 5.41) is 0. The highest BCUT2D eigenvalue weighted by Crippen LogP contribution is 2.12. The minimum absolute atomic E-state index is 0.139. The minimum Gasteiger partial charge on any atom is -0.399 e. The lowest BCUT2D eigenvalue weighted by Crippen LogP contribution is -2.01. The van der Waals surface area contributed by atoms with Crippen LogP contribution in [-0.2, 0) is 0 Å². The van der Waals surface area contributed by atoms with Crippen molar-refractivity contribution < 1.29 is 9.18 Å². The van der Waals surface area contributed by atoms with Crippen LogP contribution in [-0.4, -0.2) is 5.78 Å². The molecule has 0 aliphatic heterocycles. The Morgan fingerprint density at radius 3 is 1.81 bits per heavy atom. The molecule has 0 heterocycles. The summed E-state index contributed by atoms with van der Waals surface area (Å²) in [6, 6.07) is 12.1. The van der Waals surface area contributed by atoms with E-state index in [9.17, 15) is 9.18 Å². The van der Waals surface area contributed by atoms with Gasteiger partial charge in [0, 0.05) is 16.8 Å². The van der Waals surface area contributed by atoms with Gasteiger partial charge in [0.05, 0.1) is 0 Å². The predicted molar refractivity (Wildman–Crippen MR) is 60.7 cm³/mol. The zero-order valence-electron chi connectivity index (χ0n) is 8.48. The molecule has 0 saturated carbocycles. The third-order valence-corrected chi connectivity index (χ3v) is 2.28. The highest BCUT2D eigenvalue weighted by atomic mass is 19.1. The molecule has 0 bridgehead atoms. The summed E-state index contributed by atoms with van der Waals surface area (Å²) in [5.74, 6) is -0.492. The van der Waals surface area contributed by atoms with Gasteiger partial charge in [-0.25, -0.2) is 4.39 Å². The molecule has 0 radical (unpaired) electrons. The molecule has 0 unspecified atom stereocenters. The average Bonchev–Trinajstić information content (AvgIpc) is 2.30. The maximum absolute atomic E-state index is 12.7. The molecule has 0 fully saturated rings. The highest BCUT2D eigenvalue weighted by molar-refractivity contribution is 6.09. The molecule has 80 valence electrons. The maximum Gasteiger partial charge on any atom is 0.193 e. The summed E-state index contributed by atoms with van der Waals surface area (Å²) < 4.78 is 12.7. The van der Waals surface area contributed by atoms with Crippen molar-refractivity contribution in [2.75, 3.05) is 5.73 Å². The number of anilines is 1. The fourth-order valence-electron chi connectivity index (χ4n) is 1.40. The first-order chi connectivity index (χ1) is 7.66. The van der Waals surface area contributed by atoms with Gasteiger partial charge in [-0.2, -0.15) is 0 Å². The van der Waals surface area contributed by atoms with Gasteiger partial charge in [0.2, 0.25) is 0 Å². The maximum atomic E-state index is 12.7. The number of rotatable bonds is 2. The molecule has 2 nitrogen and oxygen atoms in total. The Hall–Kier alpha value is -2.16. The number of nitrogens with two attached hydrogens (primary N) is 1. The lowest BCUT2D eigenvalue weighted by Gasteiger charge is -2.01. The summed E-state index contributed by atoms with van der Waals surface area (Å²) in [4.78, 5) is 11.9.